The van der Waals surface area contributed by atoms with Gasteiger partial charge in [-0.2, -0.15) is 11.8 Å². The van der Waals surface area contributed by atoms with Crippen LogP contribution >= 0.6 is 27.7 Å². The van der Waals surface area contributed by atoms with Crippen LogP contribution in [0.5, 0.6) is 0 Å². The maximum atomic E-state index is 13.4. The molecule has 1 aromatic rings. The molecule has 0 heterocycles. The fraction of sp³-hybridized carbons (Fsp3) is 0.417. The Morgan fingerprint density at radius 3 is 2.94 bits per heavy atom. The summed E-state index contributed by atoms with van der Waals surface area (Å²) in [6, 6.07) is 4.27. The van der Waals surface area contributed by atoms with Crippen LogP contribution in [-0.4, -0.2) is 35.7 Å². The molecule has 100 valence electrons. The number of benzene rings is 1. The van der Waals surface area contributed by atoms with Gasteiger partial charge in [-0.1, -0.05) is 15.9 Å². The van der Waals surface area contributed by atoms with E-state index in [1.165, 1.54) is 12.1 Å². The number of carbonyl (C=O) groups excluding carboxylic acids is 1. The molecule has 3 nitrogen and oxygen atoms in total. The van der Waals surface area contributed by atoms with E-state index in [1.54, 1.807) is 17.8 Å². The highest BCUT2D eigenvalue weighted by Crippen LogP contribution is 2.15. The lowest BCUT2D eigenvalue weighted by Crippen LogP contribution is -2.26. The van der Waals surface area contributed by atoms with E-state index in [2.05, 4.69) is 21.2 Å². The predicted molar refractivity (Wildman–Crippen MR) is 75.5 cm³/mol. The lowest BCUT2D eigenvalue weighted by atomic mass is 10.2. The van der Waals surface area contributed by atoms with E-state index in [0.717, 1.165) is 17.9 Å². The molecule has 0 bridgehead atoms. The van der Waals surface area contributed by atoms with Crippen molar-refractivity contribution in [3.63, 3.8) is 0 Å². The van der Waals surface area contributed by atoms with Crippen LogP contribution in [0, 0.1) is 5.82 Å². The Morgan fingerprint density at radius 1 is 1.44 bits per heavy atom. The summed E-state index contributed by atoms with van der Waals surface area (Å²) in [5.41, 5.74) is 0.0460. The highest BCUT2D eigenvalue weighted by atomic mass is 79.9. The van der Waals surface area contributed by atoms with Crippen LogP contribution in [0.2, 0.25) is 0 Å². The maximum absolute atomic E-state index is 13.4. The van der Waals surface area contributed by atoms with Crippen LogP contribution in [0.25, 0.3) is 0 Å². The average molecular weight is 336 g/mol. The number of aliphatic hydroxyl groups is 1. The molecule has 0 saturated heterocycles. The van der Waals surface area contributed by atoms with Crippen molar-refractivity contribution in [2.45, 2.75) is 6.42 Å². The first kappa shape index (κ1) is 15.5. The highest BCUT2D eigenvalue weighted by molar-refractivity contribution is 9.10. The van der Waals surface area contributed by atoms with Gasteiger partial charge in [-0.05, 0) is 30.4 Å². The SMILES string of the molecule is O=C(NCCSCCCO)c1cc(Br)ccc1F. The van der Waals surface area contributed by atoms with E-state index in [4.69, 9.17) is 5.11 Å². The Hall–Kier alpha value is -0.590. The predicted octanol–water partition coefficient (Wildman–Crippen LogP) is 2.43. The fourth-order valence-corrected chi connectivity index (χ4v) is 2.42. The van der Waals surface area contributed by atoms with Crippen molar-refractivity contribution >= 4 is 33.6 Å². The molecular formula is C12H15BrFNO2S. The highest BCUT2D eigenvalue weighted by Gasteiger charge is 2.11. The number of thioether (sulfide) groups is 1. The van der Waals surface area contributed by atoms with Gasteiger partial charge in [0.1, 0.15) is 5.82 Å². The fourth-order valence-electron chi connectivity index (χ4n) is 1.27. The molecule has 0 aliphatic carbocycles. The average Bonchev–Trinajstić information content (AvgIpc) is 2.36. The van der Waals surface area contributed by atoms with E-state index in [1.807, 2.05) is 0 Å². The van der Waals surface area contributed by atoms with Crippen molar-refractivity contribution in [2.75, 3.05) is 24.7 Å². The zero-order chi connectivity index (χ0) is 13.4. The number of nitrogens with one attached hydrogen (secondary N) is 1. The van der Waals surface area contributed by atoms with Crippen LogP contribution in [0.3, 0.4) is 0 Å². The summed E-state index contributed by atoms with van der Waals surface area (Å²) in [6.07, 6.45) is 0.749. The Balaban J connectivity index is 2.34. The van der Waals surface area contributed by atoms with E-state index >= 15 is 0 Å². The summed E-state index contributed by atoms with van der Waals surface area (Å²) < 4.78 is 14.1. The molecule has 0 unspecified atom stereocenters. The van der Waals surface area contributed by atoms with Gasteiger partial charge >= 0.3 is 0 Å². The third-order valence-electron chi connectivity index (χ3n) is 2.15. The van der Waals surface area contributed by atoms with Gasteiger partial charge < -0.3 is 10.4 Å². The number of aliphatic hydroxyl groups excluding tert-OH is 1. The van der Waals surface area contributed by atoms with Gasteiger partial charge in [0.25, 0.3) is 5.91 Å². The first-order valence-corrected chi connectivity index (χ1v) is 7.51. The van der Waals surface area contributed by atoms with Gasteiger partial charge in [-0.25, -0.2) is 4.39 Å². The van der Waals surface area contributed by atoms with Crippen molar-refractivity contribution in [1.29, 1.82) is 0 Å². The minimum absolute atomic E-state index is 0.0460. The molecule has 0 atom stereocenters. The maximum Gasteiger partial charge on any atom is 0.254 e. The largest absolute Gasteiger partial charge is 0.396 e. The Labute approximate surface area is 118 Å². The summed E-state index contributed by atoms with van der Waals surface area (Å²) in [5, 5.41) is 11.2. The second-order valence-electron chi connectivity index (χ2n) is 3.57. The van der Waals surface area contributed by atoms with Crippen LogP contribution in [0.1, 0.15) is 16.8 Å². The van der Waals surface area contributed by atoms with E-state index in [0.29, 0.717) is 11.0 Å². The Kier molecular flexibility index (Phi) is 7.31. The molecule has 6 heteroatoms. The third kappa shape index (κ3) is 5.37. The number of rotatable bonds is 7. The van der Waals surface area contributed by atoms with Gasteiger partial charge in [0.15, 0.2) is 0 Å². The summed E-state index contributed by atoms with van der Waals surface area (Å²) >= 11 is 4.85. The molecule has 1 rings (SSSR count). The first-order valence-electron chi connectivity index (χ1n) is 5.57. The minimum atomic E-state index is -0.524. The third-order valence-corrected chi connectivity index (χ3v) is 3.72. The van der Waals surface area contributed by atoms with Crippen molar-refractivity contribution in [3.05, 3.63) is 34.1 Å². The lowest BCUT2D eigenvalue weighted by Gasteiger charge is -2.06. The van der Waals surface area contributed by atoms with Crippen LogP contribution in [-0.2, 0) is 0 Å². The van der Waals surface area contributed by atoms with Crippen molar-refractivity contribution in [1.82, 2.24) is 5.32 Å². The lowest BCUT2D eigenvalue weighted by molar-refractivity contribution is 0.0952. The monoisotopic (exact) mass is 335 g/mol. The molecule has 0 spiro atoms. The summed E-state index contributed by atoms with van der Waals surface area (Å²) in [4.78, 5) is 11.7. The second kappa shape index (κ2) is 8.50. The standard InChI is InChI=1S/C12H15BrFNO2S/c13-9-2-3-11(14)10(8-9)12(17)15-4-7-18-6-1-5-16/h2-3,8,16H,1,4-7H2,(H,15,17). The van der Waals surface area contributed by atoms with Crippen LogP contribution < -0.4 is 5.32 Å². The molecule has 0 fully saturated rings. The zero-order valence-corrected chi connectivity index (χ0v) is 12.2. The molecule has 1 amide bonds. The minimum Gasteiger partial charge on any atom is -0.396 e. The molecule has 0 aromatic heterocycles. The zero-order valence-electron chi connectivity index (χ0n) is 9.79. The number of hydrogen-bond donors (Lipinski definition) is 2. The number of hydrogen-bond acceptors (Lipinski definition) is 3. The van der Waals surface area contributed by atoms with Gasteiger partial charge in [0.05, 0.1) is 5.56 Å². The van der Waals surface area contributed by atoms with E-state index in [9.17, 15) is 9.18 Å². The normalized spacial score (nSPS) is 10.4. The molecule has 0 aliphatic rings. The van der Waals surface area contributed by atoms with Gasteiger partial charge in [0, 0.05) is 23.4 Å². The molecule has 0 aliphatic heterocycles. The second-order valence-corrected chi connectivity index (χ2v) is 5.71. The summed E-state index contributed by atoms with van der Waals surface area (Å²) in [6.45, 7) is 0.670. The van der Waals surface area contributed by atoms with E-state index < -0.39 is 11.7 Å². The summed E-state index contributed by atoms with van der Waals surface area (Å²) in [5.74, 6) is 0.680. The Bertz CT molecular complexity index is 404. The quantitative estimate of drug-likeness (QED) is 0.752. The molecule has 18 heavy (non-hydrogen) atoms. The van der Waals surface area contributed by atoms with Gasteiger partial charge in [-0.15, -0.1) is 0 Å². The number of halogens is 2. The smallest absolute Gasteiger partial charge is 0.254 e. The van der Waals surface area contributed by atoms with E-state index in [-0.39, 0.29) is 12.2 Å². The number of amides is 1. The summed E-state index contributed by atoms with van der Waals surface area (Å²) in [7, 11) is 0. The van der Waals surface area contributed by atoms with Crippen molar-refractivity contribution < 1.29 is 14.3 Å². The molecule has 0 saturated carbocycles. The molecule has 1 aromatic carbocycles. The number of carbonyl (C=O) groups is 1. The van der Waals surface area contributed by atoms with Gasteiger partial charge in [0.2, 0.25) is 0 Å². The van der Waals surface area contributed by atoms with Crippen LogP contribution in [0.4, 0.5) is 4.39 Å². The van der Waals surface area contributed by atoms with Crippen molar-refractivity contribution in [3.8, 4) is 0 Å². The first-order chi connectivity index (χ1) is 8.65. The molecular weight excluding hydrogens is 321 g/mol. The van der Waals surface area contributed by atoms with Gasteiger partial charge in [-0.3, -0.25) is 4.79 Å². The van der Waals surface area contributed by atoms with Crippen LogP contribution in [0.15, 0.2) is 22.7 Å². The topological polar surface area (TPSA) is 49.3 Å². The molecule has 0 radical (unpaired) electrons. The Morgan fingerprint density at radius 2 is 2.22 bits per heavy atom. The van der Waals surface area contributed by atoms with Crippen molar-refractivity contribution in [2.24, 2.45) is 0 Å². The molecule has 2 N–H and O–H groups in total.